The molecule has 0 amide bonds. The predicted octanol–water partition coefficient (Wildman–Crippen LogP) is 3.70. The van der Waals surface area contributed by atoms with Crippen molar-refractivity contribution in [2.24, 2.45) is 0 Å². The second-order valence-electron chi connectivity index (χ2n) is 6.75. The van der Waals surface area contributed by atoms with Gasteiger partial charge < -0.3 is 14.2 Å². The predicted molar refractivity (Wildman–Crippen MR) is 111 cm³/mol. The number of thiocarbonyl (C=S) groups is 1. The van der Waals surface area contributed by atoms with E-state index in [0.717, 1.165) is 16.3 Å². The number of hydrogen-bond donors (Lipinski definition) is 0. The van der Waals surface area contributed by atoms with Gasteiger partial charge in [0.25, 0.3) is 0 Å². The Morgan fingerprint density at radius 2 is 1.89 bits per heavy atom. The fourth-order valence-corrected chi connectivity index (χ4v) is 3.46. The van der Waals surface area contributed by atoms with E-state index in [1.807, 2.05) is 42.5 Å². The van der Waals surface area contributed by atoms with Gasteiger partial charge in [-0.25, -0.2) is 0 Å². The highest BCUT2D eigenvalue weighted by atomic mass is 32.1. The Bertz CT molecular complexity index is 1140. The summed E-state index contributed by atoms with van der Waals surface area (Å²) in [5, 5.41) is 3.05. The fraction of sp³-hybridized carbons (Fsp3) is 0.227. The molecule has 3 aromatic carbocycles. The van der Waals surface area contributed by atoms with Crippen molar-refractivity contribution < 1.29 is 19.0 Å². The van der Waals surface area contributed by atoms with E-state index in [1.54, 1.807) is 19.1 Å². The molecule has 0 N–H and O–H groups in total. The molecule has 1 aliphatic rings. The molecule has 4 rings (SSSR count). The average Bonchev–Trinajstić information content (AvgIpc) is 3.08. The molecule has 6 heteroatoms. The highest BCUT2D eigenvalue weighted by molar-refractivity contribution is 7.79. The molecule has 0 aliphatic carbocycles. The van der Waals surface area contributed by atoms with Crippen LogP contribution in [-0.2, 0) is 19.0 Å². The molecule has 0 bridgehead atoms. The van der Waals surface area contributed by atoms with Crippen LogP contribution in [0.15, 0.2) is 59.4 Å². The average molecular weight is 394 g/mol. The van der Waals surface area contributed by atoms with Crippen molar-refractivity contribution in [2.75, 3.05) is 13.2 Å². The van der Waals surface area contributed by atoms with Gasteiger partial charge in [0, 0.05) is 23.0 Å². The van der Waals surface area contributed by atoms with Crippen LogP contribution >= 0.6 is 12.2 Å². The summed E-state index contributed by atoms with van der Waals surface area (Å²) in [5.74, 6) is -0.845. The molecule has 2 atom stereocenters. The Balaban J connectivity index is 1.60. The lowest BCUT2D eigenvalue weighted by molar-refractivity contribution is -0.147. The van der Waals surface area contributed by atoms with E-state index in [-0.39, 0.29) is 36.0 Å². The zero-order chi connectivity index (χ0) is 19.7. The van der Waals surface area contributed by atoms with Crippen molar-refractivity contribution in [1.29, 1.82) is 0 Å². The van der Waals surface area contributed by atoms with Crippen LogP contribution < -0.4 is 5.43 Å². The molecule has 0 radical (unpaired) electrons. The SMILES string of the molecule is CC(C(=O)OCC1COC(=S)O1)c1ccc2c(=O)c3ccccc3ccc2c1. The van der Waals surface area contributed by atoms with Gasteiger partial charge in [-0.1, -0.05) is 54.6 Å². The van der Waals surface area contributed by atoms with Crippen molar-refractivity contribution >= 4 is 45.0 Å². The third kappa shape index (κ3) is 3.55. The van der Waals surface area contributed by atoms with E-state index in [2.05, 4.69) is 0 Å². The van der Waals surface area contributed by atoms with Crippen LogP contribution in [0.4, 0.5) is 0 Å². The number of carbonyl (C=O) groups excluding carboxylic acids is 1. The van der Waals surface area contributed by atoms with Crippen LogP contribution in [0.1, 0.15) is 18.4 Å². The van der Waals surface area contributed by atoms with E-state index >= 15 is 0 Å². The van der Waals surface area contributed by atoms with Gasteiger partial charge in [0.05, 0.1) is 5.92 Å². The molecule has 0 aromatic heterocycles. The Labute approximate surface area is 166 Å². The molecule has 3 aromatic rings. The molecule has 0 saturated carbocycles. The summed E-state index contributed by atoms with van der Waals surface area (Å²) in [5.41, 5.74) is 0.762. The van der Waals surface area contributed by atoms with Crippen molar-refractivity contribution in [2.45, 2.75) is 18.9 Å². The first-order chi connectivity index (χ1) is 13.5. The van der Waals surface area contributed by atoms with E-state index in [4.69, 9.17) is 26.4 Å². The number of esters is 1. The summed E-state index contributed by atoms with van der Waals surface area (Å²) in [6.07, 6.45) is -0.366. The van der Waals surface area contributed by atoms with Gasteiger partial charge in [-0.2, -0.15) is 0 Å². The molecular formula is C22H18O5S. The van der Waals surface area contributed by atoms with Gasteiger partial charge in [0.1, 0.15) is 13.2 Å². The summed E-state index contributed by atoms with van der Waals surface area (Å²) in [4.78, 5) is 25.3. The Morgan fingerprint density at radius 3 is 2.68 bits per heavy atom. The normalized spacial score (nSPS) is 17.2. The lowest BCUT2D eigenvalue weighted by atomic mass is 9.98. The van der Waals surface area contributed by atoms with Crippen molar-refractivity contribution in [3.05, 3.63) is 70.4 Å². The summed E-state index contributed by atoms with van der Waals surface area (Å²) in [6, 6.07) is 16.8. The monoisotopic (exact) mass is 394 g/mol. The number of carbonyl (C=O) groups is 1. The van der Waals surface area contributed by atoms with Gasteiger partial charge in [-0.05, 0) is 23.3 Å². The first kappa shape index (κ1) is 18.4. The van der Waals surface area contributed by atoms with Crippen LogP contribution in [0.25, 0.3) is 21.5 Å². The number of benzene rings is 2. The van der Waals surface area contributed by atoms with Gasteiger partial charge in [0.2, 0.25) is 0 Å². The summed E-state index contributed by atoms with van der Waals surface area (Å²) in [7, 11) is 0. The summed E-state index contributed by atoms with van der Waals surface area (Å²) in [6.45, 7) is 2.15. The third-order valence-electron chi connectivity index (χ3n) is 4.88. The van der Waals surface area contributed by atoms with Gasteiger partial charge in [-0.15, -0.1) is 0 Å². The standard InChI is InChI=1S/C22H18O5S/c1-13(21(24)25-11-17-12-26-22(28)27-17)15-8-9-19-16(10-15)7-6-14-4-2-3-5-18(14)20(19)23/h2-10,13,17H,11-12H2,1H3. The minimum Gasteiger partial charge on any atom is -0.461 e. The lowest BCUT2D eigenvalue weighted by Crippen LogP contribution is -2.23. The smallest absolute Gasteiger partial charge is 0.352 e. The minimum absolute atomic E-state index is 0.0215. The Kier molecular flexibility index (Phi) is 4.96. The van der Waals surface area contributed by atoms with Crippen LogP contribution in [0.2, 0.25) is 0 Å². The first-order valence-corrected chi connectivity index (χ1v) is 9.39. The Hall–Kier alpha value is -2.99. The number of ether oxygens (including phenoxy) is 3. The molecule has 1 saturated heterocycles. The second-order valence-corrected chi connectivity index (χ2v) is 7.08. The quantitative estimate of drug-likeness (QED) is 0.497. The molecular weight excluding hydrogens is 376 g/mol. The highest BCUT2D eigenvalue weighted by Gasteiger charge is 2.25. The Morgan fingerprint density at radius 1 is 1.14 bits per heavy atom. The second kappa shape index (κ2) is 7.56. The zero-order valence-corrected chi connectivity index (χ0v) is 16.0. The van der Waals surface area contributed by atoms with Gasteiger partial charge in [-0.3, -0.25) is 9.59 Å². The van der Waals surface area contributed by atoms with Crippen molar-refractivity contribution in [1.82, 2.24) is 0 Å². The maximum atomic E-state index is 12.9. The molecule has 0 spiro atoms. The van der Waals surface area contributed by atoms with Gasteiger partial charge >= 0.3 is 11.2 Å². The number of rotatable bonds is 4. The van der Waals surface area contributed by atoms with E-state index in [9.17, 15) is 9.59 Å². The maximum absolute atomic E-state index is 12.9. The van der Waals surface area contributed by atoms with Crippen LogP contribution in [0.3, 0.4) is 0 Å². The van der Waals surface area contributed by atoms with Crippen LogP contribution in [0.5, 0.6) is 0 Å². The molecule has 2 unspecified atom stereocenters. The molecule has 1 heterocycles. The lowest BCUT2D eigenvalue weighted by Gasteiger charge is -2.14. The molecule has 1 fully saturated rings. The number of fused-ring (bicyclic) bond motifs is 2. The molecule has 142 valence electrons. The van der Waals surface area contributed by atoms with E-state index in [0.29, 0.717) is 10.8 Å². The van der Waals surface area contributed by atoms with Crippen molar-refractivity contribution in [3.63, 3.8) is 0 Å². The number of hydrogen-bond acceptors (Lipinski definition) is 6. The van der Waals surface area contributed by atoms with Crippen LogP contribution in [0, 0.1) is 0 Å². The maximum Gasteiger partial charge on any atom is 0.352 e. The minimum atomic E-state index is -0.478. The largest absolute Gasteiger partial charge is 0.461 e. The van der Waals surface area contributed by atoms with E-state index in [1.165, 1.54) is 0 Å². The van der Waals surface area contributed by atoms with Gasteiger partial charge in [0.15, 0.2) is 11.5 Å². The molecule has 28 heavy (non-hydrogen) atoms. The fourth-order valence-electron chi connectivity index (χ4n) is 3.25. The zero-order valence-electron chi connectivity index (χ0n) is 15.2. The highest BCUT2D eigenvalue weighted by Crippen LogP contribution is 2.23. The molecule has 1 aliphatic heterocycles. The molecule has 5 nitrogen and oxygen atoms in total. The summed E-state index contributed by atoms with van der Waals surface area (Å²) >= 11 is 4.79. The third-order valence-corrected chi connectivity index (χ3v) is 5.10. The van der Waals surface area contributed by atoms with Crippen LogP contribution in [-0.4, -0.2) is 30.5 Å². The first-order valence-electron chi connectivity index (χ1n) is 8.99. The topological polar surface area (TPSA) is 61.8 Å². The van der Waals surface area contributed by atoms with E-state index < -0.39 is 5.92 Å². The summed E-state index contributed by atoms with van der Waals surface area (Å²) < 4.78 is 15.6. The van der Waals surface area contributed by atoms with Crippen molar-refractivity contribution in [3.8, 4) is 0 Å².